The standard InChI is InChI=1S/C14H15F3N4O/c15-14(16,17)11-8-12(21-13(20-11)18-6-7-22)19-9-10-4-2-1-3-5-10/h1-5,8,22H,6-7,9H2,(H2,18,19,20,21). The van der Waals surface area contributed by atoms with E-state index in [1.54, 1.807) is 0 Å². The van der Waals surface area contributed by atoms with Crippen LogP contribution in [0.25, 0.3) is 0 Å². The van der Waals surface area contributed by atoms with Crippen LogP contribution in [0.4, 0.5) is 24.9 Å². The zero-order valence-corrected chi connectivity index (χ0v) is 11.6. The van der Waals surface area contributed by atoms with E-state index in [0.717, 1.165) is 11.6 Å². The van der Waals surface area contributed by atoms with Crippen molar-refractivity contribution in [3.05, 3.63) is 47.7 Å². The summed E-state index contributed by atoms with van der Waals surface area (Å²) in [5.74, 6) is -0.119. The molecule has 0 spiro atoms. The molecule has 0 aliphatic rings. The van der Waals surface area contributed by atoms with Gasteiger partial charge in [0.2, 0.25) is 5.95 Å². The Morgan fingerprint density at radius 3 is 2.41 bits per heavy atom. The van der Waals surface area contributed by atoms with Crippen molar-refractivity contribution in [2.75, 3.05) is 23.8 Å². The van der Waals surface area contributed by atoms with Gasteiger partial charge in [0.05, 0.1) is 6.61 Å². The number of hydrogen-bond acceptors (Lipinski definition) is 5. The maximum Gasteiger partial charge on any atom is 0.433 e. The zero-order chi connectivity index (χ0) is 16.0. The van der Waals surface area contributed by atoms with E-state index in [1.165, 1.54) is 0 Å². The number of rotatable bonds is 6. The molecule has 22 heavy (non-hydrogen) atoms. The highest BCUT2D eigenvalue weighted by atomic mass is 19.4. The number of nitrogens with one attached hydrogen (secondary N) is 2. The summed E-state index contributed by atoms with van der Waals surface area (Å²) in [6.07, 6.45) is -4.57. The molecule has 118 valence electrons. The first-order valence-electron chi connectivity index (χ1n) is 6.58. The molecular weight excluding hydrogens is 297 g/mol. The highest BCUT2D eigenvalue weighted by Gasteiger charge is 2.33. The molecule has 5 nitrogen and oxygen atoms in total. The lowest BCUT2D eigenvalue weighted by Crippen LogP contribution is -2.15. The largest absolute Gasteiger partial charge is 0.433 e. The fourth-order valence-corrected chi connectivity index (χ4v) is 1.72. The number of aliphatic hydroxyl groups is 1. The van der Waals surface area contributed by atoms with E-state index in [-0.39, 0.29) is 24.9 Å². The number of hydrogen-bond donors (Lipinski definition) is 3. The lowest BCUT2D eigenvalue weighted by atomic mass is 10.2. The summed E-state index contributed by atoms with van der Waals surface area (Å²) >= 11 is 0. The Bertz CT molecular complexity index is 605. The molecule has 2 aromatic rings. The monoisotopic (exact) mass is 312 g/mol. The van der Waals surface area contributed by atoms with Gasteiger partial charge in [0.25, 0.3) is 0 Å². The van der Waals surface area contributed by atoms with Crippen LogP contribution in [-0.4, -0.2) is 28.2 Å². The molecule has 0 radical (unpaired) electrons. The van der Waals surface area contributed by atoms with Crippen LogP contribution < -0.4 is 10.6 Å². The third-order valence-electron chi connectivity index (χ3n) is 2.73. The van der Waals surface area contributed by atoms with Crippen LogP contribution in [0.3, 0.4) is 0 Å². The first-order chi connectivity index (χ1) is 10.5. The number of aromatic nitrogens is 2. The predicted octanol–water partition coefficient (Wildman–Crippen LogP) is 2.51. The van der Waals surface area contributed by atoms with Gasteiger partial charge in [-0.1, -0.05) is 30.3 Å². The molecular formula is C14H15F3N4O. The second-order valence-corrected chi connectivity index (χ2v) is 4.45. The summed E-state index contributed by atoms with van der Waals surface area (Å²) in [4.78, 5) is 7.35. The number of aliphatic hydroxyl groups excluding tert-OH is 1. The Morgan fingerprint density at radius 1 is 1.05 bits per heavy atom. The molecule has 0 unspecified atom stereocenters. The average molecular weight is 312 g/mol. The van der Waals surface area contributed by atoms with Gasteiger partial charge in [-0.3, -0.25) is 0 Å². The minimum Gasteiger partial charge on any atom is -0.395 e. The van der Waals surface area contributed by atoms with Crippen LogP contribution in [0.2, 0.25) is 0 Å². The molecule has 3 N–H and O–H groups in total. The summed E-state index contributed by atoms with van der Waals surface area (Å²) in [7, 11) is 0. The fraction of sp³-hybridized carbons (Fsp3) is 0.286. The first kappa shape index (κ1) is 16.0. The molecule has 1 heterocycles. The molecule has 0 atom stereocenters. The maximum absolute atomic E-state index is 12.8. The zero-order valence-electron chi connectivity index (χ0n) is 11.6. The third kappa shape index (κ3) is 4.59. The SMILES string of the molecule is OCCNc1nc(NCc2ccccc2)cc(C(F)(F)F)n1. The average Bonchev–Trinajstić information content (AvgIpc) is 2.51. The van der Waals surface area contributed by atoms with Gasteiger partial charge in [-0.05, 0) is 5.56 Å². The smallest absolute Gasteiger partial charge is 0.395 e. The van der Waals surface area contributed by atoms with Crippen molar-refractivity contribution in [2.24, 2.45) is 0 Å². The van der Waals surface area contributed by atoms with Gasteiger partial charge in [0.15, 0.2) is 5.69 Å². The lowest BCUT2D eigenvalue weighted by Gasteiger charge is -2.12. The highest BCUT2D eigenvalue weighted by molar-refractivity contribution is 5.43. The molecule has 0 saturated heterocycles. The Kier molecular flexibility index (Phi) is 5.16. The van der Waals surface area contributed by atoms with Crippen molar-refractivity contribution >= 4 is 11.8 Å². The van der Waals surface area contributed by atoms with Crippen molar-refractivity contribution in [3.8, 4) is 0 Å². The number of nitrogens with zero attached hydrogens (tertiary/aromatic N) is 2. The van der Waals surface area contributed by atoms with E-state index < -0.39 is 11.9 Å². The van der Waals surface area contributed by atoms with Gasteiger partial charge in [0.1, 0.15) is 5.82 Å². The summed E-state index contributed by atoms with van der Waals surface area (Å²) in [6.45, 7) is 0.181. The van der Waals surface area contributed by atoms with E-state index >= 15 is 0 Å². The summed E-state index contributed by atoms with van der Waals surface area (Å²) in [5.41, 5.74) is -0.127. The third-order valence-corrected chi connectivity index (χ3v) is 2.73. The molecule has 2 rings (SSSR count). The molecule has 1 aromatic heterocycles. The van der Waals surface area contributed by atoms with Crippen LogP contribution in [0.1, 0.15) is 11.3 Å². The summed E-state index contributed by atoms with van der Waals surface area (Å²) in [5, 5.41) is 14.1. The molecule has 0 aliphatic carbocycles. The van der Waals surface area contributed by atoms with E-state index in [1.807, 2.05) is 30.3 Å². The number of halogens is 3. The normalized spacial score (nSPS) is 11.3. The van der Waals surface area contributed by atoms with Gasteiger partial charge in [-0.25, -0.2) is 4.98 Å². The predicted molar refractivity (Wildman–Crippen MR) is 76.4 cm³/mol. The van der Waals surface area contributed by atoms with Gasteiger partial charge >= 0.3 is 6.18 Å². The molecule has 8 heteroatoms. The molecule has 0 aliphatic heterocycles. The van der Waals surface area contributed by atoms with Crippen LogP contribution in [0.5, 0.6) is 0 Å². The molecule has 0 saturated carbocycles. The highest BCUT2D eigenvalue weighted by Crippen LogP contribution is 2.29. The lowest BCUT2D eigenvalue weighted by molar-refractivity contribution is -0.141. The minimum atomic E-state index is -4.57. The second-order valence-electron chi connectivity index (χ2n) is 4.45. The maximum atomic E-state index is 12.8. The minimum absolute atomic E-state index is 0.0617. The van der Waals surface area contributed by atoms with Gasteiger partial charge in [-0.15, -0.1) is 0 Å². The number of anilines is 2. The first-order valence-corrected chi connectivity index (χ1v) is 6.58. The van der Waals surface area contributed by atoms with Crippen molar-refractivity contribution in [1.29, 1.82) is 0 Å². The van der Waals surface area contributed by atoms with Gasteiger partial charge in [0, 0.05) is 19.2 Å². The Morgan fingerprint density at radius 2 is 1.77 bits per heavy atom. The van der Waals surface area contributed by atoms with Crippen LogP contribution in [0, 0.1) is 0 Å². The Hall–Kier alpha value is -2.35. The second kappa shape index (κ2) is 7.08. The number of benzene rings is 1. The van der Waals surface area contributed by atoms with Crippen LogP contribution >= 0.6 is 0 Å². The molecule has 0 bridgehead atoms. The van der Waals surface area contributed by atoms with Crippen molar-refractivity contribution < 1.29 is 18.3 Å². The van der Waals surface area contributed by atoms with Crippen molar-refractivity contribution in [2.45, 2.75) is 12.7 Å². The van der Waals surface area contributed by atoms with Crippen LogP contribution in [0.15, 0.2) is 36.4 Å². The van der Waals surface area contributed by atoms with Crippen LogP contribution in [-0.2, 0) is 12.7 Å². The quantitative estimate of drug-likeness (QED) is 0.764. The van der Waals surface area contributed by atoms with E-state index in [9.17, 15) is 13.2 Å². The van der Waals surface area contributed by atoms with E-state index in [2.05, 4.69) is 20.6 Å². The van der Waals surface area contributed by atoms with Crippen molar-refractivity contribution in [3.63, 3.8) is 0 Å². The molecule has 0 amide bonds. The number of alkyl halides is 3. The van der Waals surface area contributed by atoms with E-state index in [4.69, 9.17) is 5.11 Å². The summed E-state index contributed by atoms with van der Waals surface area (Å²) < 4.78 is 38.5. The molecule has 1 aromatic carbocycles. The van der Waals surface area contributed by atoms with E-state index in [0.29, 0.717) is 6.54 Å². The van der Waals surface area contributed by atoms with Gasteiger partial charge < -0.3 is 15.7 Å². The molecule has 0 fully saturated rings. The van der Waals surface area contributed by atoms with Crippen molar-refractivity contribution in [1.82, 2.24) is 9.97 Å². The Labute approximate surface area is 125 Å². The van der Waals surface area contributed by atoms with Gasteiger partial charge in [-0.2, -0.15) is 18.2 Å². The summed E-state index contributed by atoms with van der Waals surface area (Å²) in [6, 6.07) is 10.1. The Balaban J connectivity index is 2.18. The topological polar surface area (TPSA) is 70.1 Å². The fourth-order valence-electron chi connectivity index (χ4n) is 1.72.